The number of hydrogen-bond acceptors (Lipinski definition) is 4. The van der Waals surface area contributed by atoms with Gasteiger partial charge < -0.3 is 16.2 Å². The Labute approximate surface area is 134 Å². The number of nitrogens with zero attached hydrogens (tertiary/aromatic N) is 2. The summed E-state index contributed by atoms with van der Waals surface area (Å²) >= 11 is 1.76. The minimum Gasteiger partial charge on any atom is -0.496 e. The van der Waals surface area contributed by atoms with Gasteiger partial charge in [-0.05, 0) is 23.8 Å². The summed E-state index contributed by atoms with van der Waals surface area (Å²) in [5.41, 5.74) is 12.4. The molecule has 0 atom stereocenters. The lowest BCUT2D eigenvalue weighted by molar-refractivity contribution is 0.411. The van der Waals surface area contributed by atoms with Crippen molar-refractivity contribution < 1.29 is 4.74 Å². The predicted octanol–water partition coefficient (Wildman–Crippen LogP) is 2.59. The Morgan fingerprint density at radius 1 is 1.18 bits per heavy atom. The highest BCUT2D eigenvalue weighted by molar-refractivity contribution is 7.98. The van der Waals surface area contributed by atoms with Gasteiger partial charge in [0.25, 0.3) is 0 Å². The summed E-state index contributed by atoms with van der Waals surface area (Å²) in [6.45, 7) is 0. The number of nitrogens with two attached hydrogens (primary N) is 2. The van der Waals surface area contributed by atoms with E-state index < -0.39 is 0 Å². The summed E-state index contributed by atoms with van der Waals surface area (Å²) in [7, 11) is 1.66. The van der Waals surface area contributed by atoms with E-state index in [9.17, 15) is 0 Å². The van der Waals surface area contributed by atoms with Gasteiger partial charge in [0, 0.05) is 16.2 Å². The summed E-state index contributed by atoms with van der Waals surface area (Å²) in [5.74, 6) is 1.58. The molecule has 0 bridgehead atoms. The molecule has 0 heterocycles. The zero-order chi connectivity index (χ0) is 15.8. The maximum absolute atomic E-state index is 5.44. The summed E-state index contributed by atoms with van der Waals surface area (Å²) < 4.78 is 5.44. The first-order chi connectivity index (χ1) is 10.7. The van der Waals surface area contributed by atoms with Crippen molar-refractivity contribution in [3.8, 4) is 5.75 Å². The molecule has 0 fully saturated rings. The third-order valence-corrected chi connectivity index (χ3v) is 3.89. The average molecular weight is 314 g/mol. The first-order valence-electron chi connectivity index (χ1n) is 6.66. The molecule has 5 nitrogen and oxygen atoms in total. The Morgan fingerprint density at radius 3 is 2.64 bits per heavy atom. The van der Waals surface area contributed by atoms with Crippen LogP contribution in [-0.4, -0.2) is 19.3 Å². The van der Waals surface area contributed by atoms with Gasteiger partial charge in [-0.15, -0.1) is 16.9 Å². The molecule has 0 saturated heterocycles. The smallest absolute Gasteiger partial charge is 0.211 e. The second kappa shape index (κ2) is 8.09. The number of rotatable bonds is 6. The van der Waals surface area contributed by atoms with Crippen LogP contribution in [0.15, 0.2) is 63.6 Å². The quantitative estimate of drug-likeness (QED) is 0.371. The highest BCUT2D eigenvalue weighted by atomic mass is 32.2. The van der Waals surface area contributed by atoms with Gasteiger partial charge in [0.2, 0.25) is 5.96 Å². The lowest BCUT2D eigenvalue weighted by Crippen LogP contribution is -2.21. The summed E-state index contributed by atoms with van der Waals surface area (Å²) in [4.78, 5) is 1.22. The fourth-order valence-corrected chi connectivity index (χ4v) is 2.71. The zero-order valence-electron chi connectivity index (χ0n) is 12.3. The fourth-order valence-electron chi connectivity index (χ4n) is 1.80. The van der Waals surface area contributed by atoms with Gasteiger partial charge in [-0.1, -0.05) is 30.3 Å². The van der Waals surface area contributed by atoms with Crippen molar-refractivity contribution >= 4 is 23.9 Å². The van der Waals surface area contributed by atoms with E-state index in [4.69, 9.17) is 16.2 Å². The van der Waals surface area contributed by atoms with Crippen LogP contribution in [0.1, 0.15) is 11.1 Å². The highest BCUT2D eigenvalue weighted by Gasteiger charge is 2.05. The predicted molar refractivity (Wildman–Crippen MR) is 92.4 cm³/mol. The van der Waals surface area contributed by atoms with E-state index in [-0.39, 0.29) is 5.96 Å². The number of thioether (sulfide) groups is 1. The second-order valence-corrected chi connectivity index (χ2v) is 5.49. The molecule has 6 heteroatoms. The van der Waals surface area contributed by atoms with E-state index in [0.717, 1.165) is 22.6 Å². The molecule has 0 saturated carbocycles. The third kappa shape index (κ3) is 4.82. The van der Waals surface area contributed by atoms with Crippen molar-refractivity contribution in [3.05, 3.63) is 59.7 Å². The molecule has 0 spiro atoms. The van der Waals surface area contributed by atoms with E-state index in [1.807, 2.05) is 36.4 Å². The van der Waals surface area contributed by atoms with Gasteiger partial charge >= 0.3 is 0 Å². The first kappa shape index (κ1) is 15.9. The van der Waals surface area contributed by atoms with Crippen molar-refractivity contribution in [2.24, 2.45) is 21.7 Å². The molecule has 4 N–H and O–H groups in total. The van der Waals surface area contributed by atoms with Crippen LogP contribution < -0.4 is 16.2 Å². The second-order valence-electron chi connectivity index (χ2n) is 4.44. The maximum atomic E-state index is 5.44. The molecule has 2 aromatic carbocycles. The largest absolute Gasteiger partial charge is 0.496 e. The van der Waals surface area contributed by atoms with Crippen LogP contribution in [-0.2, 0) is 5.75 Å². The molecule has 0 aliphatic rings. The Bertz CT molecular complexity index is 667. The molecule has 2 aromatic rings. The van der Waals surface area contributed by atoms with E-state index in [0.29, 0.717) is 0 Å². The topological polar surface area (TPSA) is 86.0 Å². The Hall–Kier alpha value is -2.47. The van der Waals surface area contributed by atoms with Crippen molar-refractivity contribution in [1.82, 2.24) is 0 Å². The fraction of sp³-hybridized carbons (Fsp3) is 0.125. The monoisotopic (exact) mass is 314 g/mol. The normalized spacial score (nSPS) is 10.6. The molecular formula is C16H18N4OS. The van der Waals surface area contributed by atoms with Crippen LogP contribution >= 0.6 is 11.8 Å². The number of methoxy groups -OCH3 is 1. The van der Waals surface area contributed by atoms with E-state index in [2.05, 4.69) is 22.3 Å². The average Bonchev–Trinajstić information content (AvgIpc) is 2.54. The van der Waals surface area contributed by atoms with Crippen LogP contribution in [0.4, 0.5) is 0 Å². The number of guanidine groups is 1. The van der Waals surface area contributed by atoms with E-state index in [1.165, 1.54) is 4.90 Å². The number of ether oxygens (including phenoxy) is 1. The molecular weight excluding hydrogens is 296 g/mol. The van der Waals surface area contributed by atoms with Crippen LogP contribution in [0.2, 0.25) is 0 Å². The van der Waals surface area contributed by atoms with Gasteiger partial charge in [-0.3, -0.25) is 0 Å². The molecule has 0 amide bonds. The van der Waals surface area contributed by atoms with Gasteiger partial charge in [0.05, 0.1) is 13.3 Å². The maximum Gasteiger partial charge on any atom is 0.211 e. The minimum atomic E-state index is -0.0703. The Kier molecular flexibility index (Phi) is 5.85. The number of hydrogen-bond donors (Lipinski definition) is 2. The zero-order valence-corrected chi connectivity index (χ0v) is 13.1. The van der Waals surface area contributed by atoms with Crippen molar-refractivity contribution in [2.45, 2.75) is 10.6 Å². The highest BCUT2D eigenvalue weighted by Crippen LogP contribution is 2.28. The standard InChI is InChI=1S/C16H18N4OS/c1-21-15-9-12(10-19-20-16(17)18)7-8-13(15)11-22-14-5-3-2-4-6-14/h2-10H,11H2,1H3,(H4,17,18,20). The van der Waals surface area contributed by atoms with Gasteiger partial charge in [-0.25, -0.2) is 0 Å². The molecule has 0 aromatic heterocycles. The summed E-state index contributed by atoms with van der Waals surface area (Å²) in [6, 6.07) is 16.1. The Morgan fingerprint density at radius 2 is 1.95 bits per heavy atom. The van der Waals surface area contributed by atoms with Gasteiger partial charge in [0.15, 0.2) is 0 Å². The van der Waals surface area contributed by atoms with Crippen molar-refractivity contribution in [1.29, 1.82) is 0 Å². The van der Waals surface area contributed by atoms with E-state index >= 15 is 0 Å². The molecule has 0 unspecified atom stereocenters. The summed E-state index contributed by atoms with van der Waals surface area (Å²) in [6.07, 6.45) is 1.58. The lowest BCUT2D eigenvalue weighted by Gasteiger charge is -2.09. The molecule has 0 radical (unpaired) electrons. The number of benzene rings is 2. The van der Waals surface area contributed by atoms with Gasteiger partial charge in [-0.2, -0.15) is 5.10 Å². The van der Waals surface area contributed by atoms with Crippen LogP contribution in [0.25, 0.3) is 0 Å². The van der Waals surface area contributed by atoms with Crippen LogP contribution in [0.3, 0.4) is 0 Å². The van der Waals surface area contributed by atoms with Crippen molar-refractivity contribution in [3.63, 3.8) is 0 Å². The van der Waals surface area contributed by atoms with Crippen LogP contribution in [0, 0.1) is 0 Å². The summed E-state index contributed by atoms with van der Waals surface area (Å²) in [5, 5.41) is 7.36. The molecule has 2 rings (SSSR count). The third-order valence-electron chi connectivity index (χ3n) is 2.83. The molecule has 114 valence electrons. The minimum absolute atomic E-state index is 0.0703. The molecule has 0 aliphatic carbocycles. The Balaban J connectivity index is 2.09. The van der Waals surface area contributed by atoms with Gasteiger partial charge in [0.1, 0.15) is 5.75 Å². The van der Waals surface area contributed by atoms with Crippen LogP contribution in [0.5, 0.6) is 5.75 Å². The first-order valence-corrected chi connectivity index (χ1v) is 7.64. The molecule has 22 heavy (non-hydrogen) atoms. The SMILES string of the molecule is COc1cc(C=NN=C(N)N)ccc1CSc1ccccc1. The van der Waals surface area contributed by atoms with Crippen molar-refractivity contribution in [2.75, 3.05) is 7.11 Å². The van der Waals surface area contributed by atoms with E-state index in [1.54, 1.807) is 25.1 Å². The lowest BCUT2D eigenvalue weighted by atomic mass is 10.1. The molecule has 0 aliphatic heterocycles.